The number of aryl methyl sites for hydroxylation is 2. The zero-order valence-corrected chi connectivity index (χ0v) is 12.8. The van der Waals surface area contributed by atoms with E-state index in [2.05, 4.69) is 41.4 Å². The first-order chi connectivity index (χ1) is 9.22. The van der Waals surface area contributed by atoms with Gasteiger partial charge < -0.3 is 10.2 Å². The van der Waals surface area contributed by atoms with Crippen LogP contribution in [0.1, 0.15) is 17.5 Å². The van der Waals surface area contributed by atoms with Crippen molar-refractivity contribution in [3.63, 3.8) is 0 Å². The normalized spacial score (nSPS) is 24.4. The second kappa shape index (κ2) is 6.59. The van der Waals surface area contributed by atoms with Crippen molar-refractivity contribution in [2.75, 3.05) is 26.2 Å². The van der Waals surface area contributed by atoms with Crippen LogP contribution in [0.25, 0.3) is 0 Å². The van der Waals surface area contributed by atoms with Crippen molar-refractivity contribution in [1.29, 1.82) is 0 Å². The average Bonchev–Trinajstić information content (AvgIpc) is 2.98. The molecule has 2 aliphatic heterocycles. The maximum absolute atomic E-state index is 12.2. The molecule has 0 aliphatic carbocycles. The zero-order chi connectivity index (χ0) is 13.2. The van der Waals surface area contributed by atoms with E-state index in [1.54, 1.807) is 0 Å². The van der Waals surface area contributed by atoms with E-state index in [0.29, 0.717) is 24.2 Å². The summed E-state index contributed by atoms with van der Waals surface area (Å²) in [6.45, 7) is 6.19. The summed E-state index contributed by atoms with van der Waals surface area (Å²) in [4.78, 5) is 14.3. The van der Waals surface area contributed by atoms with Crippen molar-refractivity contribution in [2.45, 2.75) is 19.8 Å². The minimum Gasteiger partial charge on any atom is -0.342 e. The van der Waals surface area contributed by atoms with Gasteiger partial charge in [-0.2, -0.15) is 0 Å². The molecule has 1 N–H and O–H groups in total. The van der Waals surface area contributed by atoms with Crippen LogP contribution in [0.15, 0.2) is 24.3 Å². The second-order valence-electron chi connectivity index (χ2n) is 5.96. The van der Waals surface area contributed by atoms with E-state index in [1.807, 2.05) is 0 Å². The number of nitrogens with one attached hydrogen (secondary N) is 1. The Kier molecular flexibility index (Phi) is 5.06. The molecule has 2 atom stereocenters. The number of fused-ring (bicyclic) bond motifs is 1. The van der Waals surface area contributed by atoms with Gasteiger partial charge in [-0.25, -0.2) is 0 Å². The van der Waals surface area contributed by atoms with Gasteiger partial charge in [0.2, 0.25) is 5.91 Å². The number of benzene rings is 1. The van der Waals surface area contributed by atoms with E-state index >= 15 is 0 Å². The highest BCUT2D eigenvalue weighted by atomic mass is 35.5. The highest BCUT2D eigenvalue weighted by molar-refractivity contribution is 5.85. The van der Waals surface area contributed by atoms with Crippen LogP contribution in [0, 0.1) is 18.8 Å². The molecule has 0 spiro atoms. The van der Waals surface area contributed by atoms with E-state index in [1.165, 1.54) is 11.1 Å². The number of hydrogen-bond donors (Lipinski definition) is 1. The van der Waals surface area contributed by atoms with Crippen LogP contribution < -0.4 is 5.32 Å². The second-order valence-corrected chi connectivity index (χ2v) is 5.96. The predicted octanol–water partition coefficient (Wildman–Crippen LogP) is 2.03. The summed E-state index contributed by atoms with van der Waals surface area (Å²) in [6, 6.07) is 8.49. The van der Waals surface area contributed by atoms with Crippen LogP contribution in [0.3, 0.4) is 0 Å². The fraction of sp³-hybridized carbons (Fsp3) is 0.562. The molecule has 0 saturated carbocycles. The molecule has 0 unspecified atom stereocenters. The lowest BCUT2D eigenvalue weighted by atomic mass is 10.0. The molecule has 2 saturated heterocycles. The Morgan fingerprint density at radius 2 is 1.80 bits per heavy atom. The van der Waals surface area contributed by atoms with Gasteiger partial charge >= 0.3 is 0 Å². The lowest BCUT2D eigenvalue weighted by Crippen LogP contribution is -2.31. The van der Waals surface area contributed by atoms with Crippen LogP contribution in [0.4, 0.5) is 0 Å². The third-order valence-corrected chi connectivity index (χ3v) is 4.49. The summed E-state index contributed by atoms with van der Waals surface area (Å²) >= 11 is 0. The van der Waals surface area contributed by atoms with Crippen molar-refractivity contribution < 1.29 is 4.79 Å². The molecule has 1 aromatic carbocycles. The van der Waals surface area contributed by atoms with Gasteiger partial charge in [-0.15, -0.1) is 12.4 Å². The van der Waals surface area contributed by atoms with Crippen molar-refractivity contribution >= 4 is 18.3 Å². The molecule has 0 bridgehead atoms. The third-order valence-electron chi connectivity index (χ3n) is 4.49. The Morgan fingerprint density at radius 3 is 2.40 bits per heavy atom. The Balaban J connectivity index is 0.00000147. The number of halogens is 1. The van der Waals surface area contributed by atoms with Gasteiger partial charge in [-0.3, -0.25) is 4.79 Å². The van der Waals surface area contributed by atoms with Gasteiger partial charge in [0.15, 0.2) is 0 Å². The van der Waals surface area contributed by atoms with Gasteiger partial charge in [0.25, 0.3) is 0 Å². The van der Waals surface area contributed by atoms with Gasteiger partial charge in [0.05, 0.1) is 0 Å². The van der Waals surface area contributed by atoms with E-state index in [9.17, 15) is 4.79 Å². The summed E-state index contributed by atoms with van der Waals surface area (Å²) < 4.78 is 0. The SMILES string of the molecule is Cc1ccc(CCC(=O)N2C[C@H]3CNC[C@H]3C2)cc1.Cl. The van der Waals surface area contributed by atoms with Gasteiger partial charge in [0.1, 0.15) is 0 Å². The van der Waals surface area contributed by atoms with Crippen molar-refractivity contribution in [3.8, 4) is 0 Å². The number of carbonyl (C=O) groups is 1. The molecule has 3 rings (SSSR count). The quantitative estimate of drug-likeness (QED) is 0.925. The minimum atomic E-state index is 0. The molecule has 2 aliphatic rings. The Hall–Kier alpha value is -1.06. The molecule has 110 valence electrons. The number of rotatable bonds is 3. The number of amides is 1. The number of nitrogens with zero attached hydrogens (tertiary/aromatic N) is 1. The van der Waals surface area contributed by atoms with Crippen molar-refractivity contribution in [2.24, 2.45) is 11.8 Å². The molecule has 1 amide bonds. The van der Waals surface area contributed by atoms with E-state index in [4.69, 9.17) is 0 Å². The number of hydrogen-bond acceptors (Lipinski definition) is 2. The first-order valence-electron chi connectivity index (χ1n) is 7.26. The average molecular weight is 295 g/mol. The molecule has 2 fully saturated rings. The number of carbonyl (C=O) groups excluding carboxylic acids is 1. The van der Waals surface area contributed by atoms with Crippen LogP contribution in [-0.4, -0.2) is 37.0 Å². The lowest BCUT2D eigenvalue weighted by Gasteiger charge is -2.17. The topological polar surface area (TPSA) is 32.3 Å². The summed E-state index contributed by atoms with van der Waals surface area (Å²) in [5.41, 5.74) is 2.54. The molecule has 4 heteroatoms. The molecule has 3 nitrogen and oxygen atoms in total. The van der Waals surface area contributed by atoms with Gasteiger partial charge in [-0.1, -0.05) is 29.8 Å². The Morgan fingerprint density at radius 1 is 1.20 bits per heavy atom. The maximum atomic E-state index is 12.2. The van der Waals surface area contributed by atoms with Crippen molar-refractivity contribution in [1.82, 2.24) is 10.2 Å². The zero-order valence-electron chi connectivity index (χ0n) is 12.0. The predicted molar refractivity (Wildman–Crippen MR) is 83.2 cm³/mol. The van der Waals surface area contributed by atoms with Gasteiger partial charge in [-0.05, 0) is 30.7 Å². The standard InChI is InChI=1S/C16H22N2O.ClH/c1-12-2-4-13(5-3-12)6-7-16(19)18-10-14-8-17-9-15(14)11-18;/h2-5,14-15,17H,6-11H2,1H3;1H/t14-,15+;. The third kappa shape index (κ3) is 3.33. The molecule has 0 radical (unpaired) electrons. The summed E-state index contributed by atoms with van der Waals surface area (Å²) in [5.74, 6) is 1.72. The van der Waals surface area contributed by atoms with Crippen LogP contribution in [-0.2, 0) is 11.2 Å². The highest BCUT2D eigenvalue weighted by Crippen LogP contribution is 2.26. The molecule has 20 heavy (non-hydrogen) atoms. The van der Waals surface area contributed by atoms with E-state index < -0.39 is 0 Å². The summed E-state index contributed by atoms with van der Waals surface area (Å²) in [5, 5.41) is 3.41. The van der Waals surface area contributed by atoms with E-state index in [-0.39, 0.29) is 12.4 Å². The monoisotopic (exact) mass is 294 g/mol. The highest BCUT2D eigenvalue weighted by Gasteiger charge is 2.37. The van der Waals surface area contributed by atoms with Crippen LogP contribution in [0.5, 0.6) is 0 Å². The smallest absolute Gasteiger partial charge is 0.222 e. The summed E-state index contributed by atoms with van der Waals surface area (Å²) in [6.07, 6.45) is 1.51. The lowest BCUT2D eigenvalue weighted by molar-refractivity contribution is -0.130. The molecular formula is C16H23ClN2O. The molecule has 0 aromatic heterocycles. The van der Waals surface area contributed by atoms with Crippen molar-refractivity contribution in [3.05, 3.63) is 35.4 Å². The fourth-order valence-electron chi connectivity index (χ4n) is 3.22. The first-order valence-corrected chi connectivity index (χ1v) is 7.26. The molecule has 2 heterocycles. The summed E-state index contributed by atoms with van der Waals surface area (Å²) in [7, 11) is 0. The van der Waals surface area contributed by atoms with E-state index in [0.717, 1.165) is 32.6 Å². The Labute approximate surface area is 127 Å². The Bertz CT molecular complexity index is 448. The first kappa shape index (κ1) is 15.3. The fourth-order valence-corrected chi connectivity index (χ4v) is 3.22. The van der Waals surface area contributed by atoms with Crippen LogP contribution >= 0.6 is 12.4 Å². The largest absolute Gasteiger partial charge is 0.342 e. The number of likely N-dealkylation sites (tertiary alicyclic amines) is 1. The van der Waals surface area contributed by atoms with Gasteiger partial charge in [0, 0.05) is 32.6 Å². The van der Waals surface area contributed by atoms with Crippen LogP contribution in [0.2, 0.25) is 0 Å². The molecular weight excluding hydrogens is 272 g/mol. The maximum Gasteiger partial charge on any atom is 0.222 e. The molecule has 1 aromatic rings. The minimum absolute atomic E-state index is 0.